The lowest BCUT2D eigenvalue weighted by molar-refractivity contribution is -0.152. The van der Waals surface area contributed by atoms with Crippen LogP contribution in [0.15, 0.2) is 0 Å². The van der Waals surface area contributed by atoms with Crippen molar-refractivity contribution in [2.24, 2.45) is 0 Å². The van der Waals surface area contributed by atoms with Gasteiger partial charge in [0.15, 0.2) is 6.79 Å². The Morgan fingerprint density at radius 1 is 1.29 bits per heavy atom. The normalized spacial score (nSPS) is 11.4. The first-order valence-electron chi connectivity index (χ1n) is 4.48. The lowest BCUT2D eigenvalue weighted by Gasteiger charge is -2.21. The molecule has 84 valence electrons. The zero-order chi connectivity index (χ0) is 11.0. The number of hydrogen-bond donors (Lipinski definition) is 0. The molecule has 14 heavy (non-hydrogen) atoms. The molecule has 0 unspecified atom stereocenters. The zero-order valence-electron chi connectivity index (χ0n) is 9.16. The summed E-state index contributed by atoms with van der Waals surface area (Å²) in [5.41, 5.74) is 0. The van der Waals surface area contributed by atoms with Crippen LogP contribution in [-0.2, 0) is 22.8 Å². The molecule has 0 aromatic rings. The van der Waals surface area contributed by atoms with Gasteiger partial charge in [0.25, 0.3) is 0 Å². The Balaban J connectivity index is 3.66. The van der Waals surface area contributed by atoms with Gasteiger partial charge in [-0.15, -0.1) is 0 Å². The minimum Gasteiger partial charge on any atom is -0.439 e. The summed E-state index contributed by atoms with van der Waals surface area (Å²) in [5, 5.41) is 0. The van der Waals surface area contributed by atoms with Crippen LogP contribution in [-0.4, -0.2) is 35.8 Å². The Labute approximate surface area is 85.7 Å². The number of rotatable bonds is 7. The highest BCUT2D eigenvalue weighted by atomic mass is 28.4. The number of carbonyl (C=O) groups excluding carboxylic acids is 1. The van der Waals surface area contributed by atoms with Crippen molar-refractivity contribution in [3.63, 3.8) is 0 Å². The molecule has 0 atom stereocenters. The summed E-state index contributed by atoms with van der Waals surface area (Å²) in [6.45, 7) is 3.52. The highest BCUT2D eigenvalue weighted by Gasteiger charge is 2.32. The fourth-order valence-electron chi connectivity index (χ4n) is 0.680. The van der Waals surface area contributed by atoms with Gasteiger partial charge in [0.05, 0.1) is 0 Å². The first-order chi connectivity index (χ1) is 6.58. The Morgan fingerprint density at radius 2 is 1.86 bits per heavy atom. The van der Waals surface area contributed by atoms with E-state index in [2.05, 4.69) is 0 Å². The van der Waals surface area contributed by atoms with Crippen LogP contribution in [0.2, 0.25) is 6.55 Å². The van der Waals surface area contributed by atoms with Crippen LogP contribution in [0.1, 0.15) is 19.8 Å². The Kier molecular flexibility index (Phi) is 6.72. The fourth-order valence-corrected chi connectivity index (χ4v) is 1.36. The monoisotopic (exact) mass is 222 g/mol. The average Bonchev–Trinajstić information content (AvgIpc) is 2.18. The molecule has 0 N–H and O–H groups in total. The summed E-state index contributed by atoms with van der Waals surface area (Å²) in [6, 6.07) is 0. The molecule has 0 aliphatic carbocycles. The molecule has 0 heterocycles. The molecule has 0 fully saturated rings. The maximum absolute atomic E-state index is 10.9. The van der Waals surface area contributed by atoms with Gasteiger partial charge in [0.1, 0.15) is 0 Å². The molecule has 0 radical (unpaired) electrons. The molecule has 0 aromatic heterocycles. The number of carbonyl (C=O) groups is 1. The second-order valence-electron chi connectivity index (χ2n) is 2.80. The minimum absolute atomic E-state index is 0.108. The molecule has 0 saturated heterocycles. The van der Waals surface area contributed by atoms with Gasteiger partial charge < -0.3 is 18.0 Å². The Morgan fingerprint density at radius 3 is 2.29 bits per heavy atom. The van der Waals surface area contributed by atoms with Crippen molar-refractivity contribution in [2.75, 3.05) is 21.0 Å². The van der Waals surface area contributed by atoms with Crippen molar-refractivity contribution in [3.8, 4) is 0 Å². The second-order valence-corrected chi connectivity index (χ2v) is 5.63. The van der Waals surface area contributed by atoms with Crippen LogP contribution in [0.25, 0.3) is 0 Å². The molecular formula is C8H18O5Si. The SMILES string of the molecule is CCCC(=O)OCO[Si](C)(OC)OC. The number of hydrogen-bond acceptors (Lipinski definition) is 5. The molecule has 6 heteroatoms. The van der Waals surface area contributed by atoms with Crippen molar-refractivity contribution in [1.82, 2.24) is 0 Å². The van der Waals surface area contributed by atoms with Gasteiger partial charge in [-0.1, -0.05) is 6.92 Å². The van der Waals surface area contributed by atoms with Gasteiger partial charge in [-0.05, 0) is 6.42 Å². The van der Waals surface area contributed by atoms with Crippen LogP contribution < -0.4 is 0 Å². The number of esters is 1. The van der Waals surface area contributed by atoms with Gasteiger partial charge in [-0.25, -0.2) is 0 Å². The van der Waals surface area contributed by atoms with Crippen molar-refractivity contribution in [1.29, 1.82) is 0 Å². The summed E-state index contributed by atoms with van der Waals surface area (Å²) in [7, 11) is 0.443. The zero-order valence-corrected chi connectivity index (χ0v) is 10.2. The lowest BCUT2D eigenvalue weighted by Crippen LogP contribution is -2.41. The third-order valence-electron chi connectivity index (χ3n) is 1.74. The highest BCUT2D eigenvalue weighted by Crippen LogP contribution is 2.06. The van der Waals surface area contributed by atoms with Crippen LogP contribution in [0.5, 0.6) is 0 Å². The van der Waals surface area contributed by atoms with E-state index < -0.39 is 8.80 Å². The van der Waals surface area contributed by atoms with E-state index in [1.165, 1.54) is 14.2 Å². The highest BCUT2D eigenvalue weighted by molar-refractivity contribution is 6.59. The Bertz CT molecular complexity index is 169. The second kappa shape index (κ2) is 6.94. The van der Waals surface area contributed by atoms with Gasteiger partial charge in [0.2, 0.25) is 0 Å². The molecule has 0 bridgehead atoms. The van der Waals surface area contributed by atoms with Gasteiger partial charge in [-0.2, -0.15) is 0 Å². The van der Waals surface area contributed by atoms with E-state index >= 15 is 0 Å². The molecular weight excluding hydrogens is 204 g/mol. The van der Waals surface area contributed by atoms with E-state index in [4.69, 9.17) is 18.0 Å². The van der Waals surface area contributed by atoms with Gasteiger partial charge in [0, 0.05) is 27.2 Å². The van der Waals surface area contributed by atoms with E-state index in [0.717, 1.165) is 6.42 Å². The fraction of sp³-hybridized carbons (Fsp3) is 0.875. The molecule has 0 rings (SSSR count). The van der Waals surface area contributed by atoms with Gasteiger partial charge in [-0.3, -0.25) is 4.79 Å². The molecule has 5 nitrogen and oxygen atoms in total. The first-order valence-corrected chi connectivity index (χ1v) is 6.70. The maximum Gasteiger partial charge on any atom is 0.499 e. The minimum atomic E-state index is -2.56. The summed E-state index contributed by atoms with van der Waals surface area (Å²) < 4.78 is 20.1. The van der Waals surface area contributed by atoms with E-state index in [1.807, 2.05) is 6.92 Å². The lowest BCUT2D eigenvalue weighted by atomic mass is 10.3. The van der Waals surface area contributed by atoms with E-state index in [9.17, 15) is 4.79 Å². The first kappa shape index (κ1) is 13.6. The predicted molar refractivity (Wildman–Crippen MR) is 52.6 cm³/mol. The predicted octanol–water partition coefficient (Wildman–Crippen LogP) is 1.17. The topological polar surface area (TPSA) is 54.0 Å². The van der Waals surface area contributed by atoms with Crippen molar-refractivity contribution < 1.29 is 22.8 Å². The molecule has 0 aromatic carbocycles. The van der Waals surface area contributed by atoms with Crippen molar-refractivity contribution in [2.45, 2.75) is 26.3 Å². The van der Waals surface area contributed by atoms with Crippen molar-refractivity contribution >= 4 is 14.8 Å². The number of ether oxygens (including phenoxy) is 1. The van der Waals surface area contributed by atoms with Crippen LogP contribution >= 0.6 is 0 Å². The van der Waals surface area contributed by atoms with Crippen molar-refractivity contribution in [3.05, 3.63) is 0 Å². The van der Waals surface area contributed by atoms with Gasteiger partial charge >= 0.3 is 14.8 Å². The third kappa shape index (κ3) is 5.33. The standard InChI is InChI=1S/C8H18O5Si/c1-5-6-8(9)12-7-13-14(4,10-2)11-3/h5-7H2,1-4H3. The summed E-state index contributed by atoms with van der Waals surface area (Å²) in [4.78, 5) is 10.9. The van der Waals surface area contributed by atoms with E-state index in [1.54, 1.807) is 6.55 Å². The smallest absolute Gasteiger partial charge is 0.439 e. The van der Waals surface area contributed by atoms with Crippen LogP contribution in [0.4, 0.5) is 0 Å². The van der Waals surface area contributed by atoms with E-state index in [0.29, 0.717) is 6.42 Å². The Hall–Kier alpha value is -0.433. The molecule has 0 saturated carbocycles. The quantitative estimate of drug-likeness (QED) is 0.367. The average molecular weight is 222 g/mol. The molecule has 0 spiro atoms. The molecule has 0 aliphatic heterocycles. The summed E-state index contributed by atoms with van der Waals surface area (Å²) >= 11 is 0. The molecule has 0 amide bonds. The molecule has 0 aliphatic rings. The van der Waals surface area contributed by atoms with E-state index in [-0.39, 0.29) is 12.8 Å². The summed E-state index contributed by atoms with van der Waals surface area (Å²) in [6.07, 6.45) is 1.17. The van der Waals surface area contributed by atoms with Crippen LogP contribution in [0, 0.1) is 0 Å². The summed E-state index contributed by atoms with van der Waals surface area (Å²) in [5.74, 6) is -0.268. The largest absolute Gasteiger partial charge is 0.499 e. The maximum atomic E-state index is 10.9. The van der Waals surface area contributed by atoms with Crippen LogP contribution in [0.3, 0.4) is 0 Å². The third-order valence-corrected chi connectivity index (χ3v) is 3.86.